The van der Waals surface area contributed by atoms with E-state index in [1.54, 1.807) is 60.7 Å². The molecule has 0 aliphatic rings. The van der Waals surface area contributed by atoms with Crippen LogP contribution in [-0.4, -0.2) is 21.8 Å². The van der Waals surface area contributed by atoms with Crippen molar-refractivity contribution in [2.75, 3.05) is 0 Å². The van der Waals surface area contributed by atoms with Crippen molar-refractivity contribution in [1.82, 2.24) is 0 Å². The minimum Gasteiger partial charge on any atom is -0.507 e. The van der Waals surface area contributed by atoms with E-state index >= 15 is 0 Å². The third-order valence-electron chi connectivity index (χ3n) is 7.00. The maximum Gasteiger partial charge on any atom is 0.196 e. The number of rotatable bonds is 5. The van der Waals surface area contributed by atoms with Gasteiger partial charge in [-0.1, -0.05) is 71.7 Å². The minimum atomic E-state index is -0.404. The maximum absolute atomic E-state index is 13.6. The molecule has 0 aliphatic heterocycles. The Labute approximate surface area is 239 Å². The Balaban J connectivity index is 1.67. The van der Waals surface area contributed by atoms with E-state index in [0.717, 1.165) is 0 Å². The van der Waals surface area contributed by atoms with Crippen molar-refractivity contribution in [1.29, 1.82) is 0 Å². The van der Waals surface area contributed by atoms with Crippen LogP contribution in [0.1, 0.15) is 31.8 Å². The molecule has 0 saturated carbocycles. The fourth-order valence-electron chi connectivity index (χ4n) is 5.04. The van der Waals surface area contributed by atoms with E-state index in [9.17, 15) is 19.8 Å². The number of hydrogen-bond donors (Lipinski definition) is 2. The first-order chi connectivity index (χ1) is 19.3. The Hall–Kier alpha value is -4.64. The van der Waals surface area contributed by atoms with Crippen LogP contribution in [0.2, 0.25) is 10.0 Å². The first-order valence-electron chi connectivity index (χ1n) is 12.4. The molecular formula is C34H20Cl2O4. The SMILES string of the molecule is O=C(c1ccc(Cl)cc1)c1cc2ccccc2c(-c2c(O)c(C(=O)c3ccc(Cl)cc3)cc3ccccc23)c1O. The highest BCUT2D eigenvalue weighted by molar-refractivity contribution is 6.31. The summed E-state index contributed by atoms with van der Waals surface area (Å²) in [4.78, 5) is 27.2. The molecule has 0 bridgehead atoms. The lowest BCUT2D eigenvalue weighted by molar-refractivity contribution is 0.102. The molecule has 6 aromatic rings. The van der Waals surface area contributed by atoms with E-state index in [0.29, 0.717) is 42.7 Å². The highest BCUT2D eigenvalue weighted by Gasteiger charge is 2.26. The van der Waals surface area contributed by atoms with Crippen LogP contribution in [0.3, 0.4) is 0 Å². The Morgan fingerprint density at radius 2 is 0.850 bits per heavy atom. The second-order valence-corrected chi connectivity index (χ2v) is 10.3. The van der Waals surface area contributed by atoms with Gasteiger partial charge < -0.3 is 10.2 Å². The summed E-state index contributed by atoms with van der Waals surface area (Å²) in [6.07, 6.45) is 0. The van der Waals surface area contributed by atoms with Crippen molar-refractivity contribution in [2.45, 2.75) is 0 Å². The molecule has 194 valence electrons. The van der Waals surface area contributed by atoms with Gasteiger partial charge in [-0.2, -0.15) is 0 Å². The zero-order valence-corrected chi connectivity index (χ0v) is 22.4. The fourth-order valence-corrected chi connectivity index (χ4v) is 5.29. The maximum atomic E-state index is 13.6. The lowest BCUT2D eigenvalue weighted by atomic mass is 9.86. The molecule has 0 aromatic heterocycles. The highest BCUT2D eigenvalue weighted by Crippen LogP contribution is 2.48. The van der Waals surface area contributed by atoms with E-state index in [4.69, 9.17) is 23.2 Å². The number of halogens is 2. The summed E-state index contributed by atoms with van der Waals surface area (Å²) in [7, 11) is 0. The largest absolute Gasteiger partial charge is 0.507 e. The van der Waals surface area contributed by atoms with Gasteiger partial charge in [-0.3, -0.25) is 9.59 Å². The van der Waals surface area contributed by atoms with Gasteiger partial charge in [0.1, 0.15) is 11.5 Å². The standard InChI is InChI=1S/C34H20Cl2O4/c35-23-13-9-19(10-14-23)31(37)27-17-21-5-1-3-7-25(21)29(33(27)39)30-26-8-4-2-6-22(26)18-28(34(30)40)32(38)20-11-15-24(36)16-12-20/h1-18,39-40H. The van der Waals surface area contributed by atoms with Crippen LogP contribution in [0.25, 0.3) is 32.7 Å². The second-order valence-electron chi connectivity index (χ2n) is 9.41. The van der Waals surface area contributed by atoms with Crippen molar-refractivity contribution in [3.63, 3.8) is 0 Å². The first kappa shape index (κ1) is 25.6. The molecule has 0 fully saturated rings. The molecule has 0 aliphatic carbocycles. The summed E-state index contributed by atoms with van der Waals surface area (Å²) in [5.41, 5.74) is 1.34. The van der Waals surface area contributed by atoms with E-state index in [-0.39, 0.29) is 33.8 Å². The summed E-state index contributed by atoms with van der Waals surface area (Å²) >= 11 is 12.0. The Bertz CT molecular complexity index is 1820. The van der Waals surface area contributed by atoms with Crippen LogP contribution in [-0.2, 0) is 0 Å². The van der Waals surface area contributed by atoms with Crippen molar-refractivity contribution in [3.8, 4) is 22.6 Å². The van der Waals surface area contributed by atoms with Gasteiger partial charge in [0.15, 0.2) is 11.6 Å². The van der Waals surface area contributed by atoms with Crippen LogP contribution < -0.4 is 0 Å². The molecular weight excluding hydrogens is 543 g/mol. The predicted molar refractivity (Wildman–Crippen MR) is 160 cm³/mol. The van der Waals surface area contributed by atoms with Crippen molar-refractivity contribution >= 4 is 56.3 Å². The van der Waals surface area contributed by atoms with Crippen LogP contribution >= 0.6 is 23.2 Å². The van der Waals surface area contributed by atoms with Crippen molar-refractivity contribution in [2.24, 2.45) is 0 Å². The van der Waals surface area contributed by atoms with E-state index in [1.165, 1.54) is 0 Å². The normalized spacial score (nSPS) is 11.2. The number of benzene rings is 6. The van der Waals surface area contributed by atoms with Gasteiger partial charge in [0, 0.05) is 32.3 Å². The fraction of sp³-hybridized carbons (Fsp3) is 0. The molecule has 0 atom stereocenters. The van der Waals surface area contributed by atoms with Gasteiger partial charge in [-0.25, -0.2) is 0 Å². The Morgan fingerprint density at radius 3 is 1.23 bits per heavy atom. The zero-order valence-electron chi connectivity index (χ0n) is 20.9. The minimum absolute atomic E-state index is 0.0638. The lowest BCUT2D eigenvalue weighted by Crippen LogP contribution is -2.05. The summed E-state index contributed by atoms with van der Waals surface area (Å²) in [6.45, 7) is 0. The van der Waals surface area contributed by atoms with Crippen LogP contribution in [0.4, 0.5) is 0 Å². The van der Waals surface area contributed by atoms with Gasteiger partial charge in [-0.05, 0) is 82.2 Å². The monoisotopic (exact) mass is 562 g/mol. The molecule has 0 radical (unpaired) electrons. The molecule has 0 saturated heterocycles. The van der Waals surface area contributed by atoms with Gasteiger partial charge in [0.2, 0.25) is 0 Å². The van der Waals surface area contributed by atoms with E-state index < -0.39 is 11.6 Å². The number of ketones is 2. The molecule has 6 rings (SSSR count). The average Bonchev–Trinajstić information content (AvgIpc) is 2.97. The molecule has 0 amide bonds. The number of hydrogen-bond acceptors (Lipinski definition) is 4. The number of fused-ring (bicyclic) bond motifs is 2. The van der Waals surface area contributed by atoms with Gasteiger partial charge in [0.05, 0.1) is 11.1 Å². The number of aromatic hydroxyl groups is 2. The van der Waals surface area contributed by atoms with Crippen molar-refractivity contribution in [3.05, 3.63) is 141 Å². The molecule has 6 heteroatoms. The molecule has 2 N–H and O–H groups in total. The third-order valence-corrected chi connectivity index (χ3v) is 7.50. The Kier molecular flexibility index (Phi) is 6.51. The predicted octanol–water partition coefficient (Wildman–Crippen LogP) is 8.84. The summed E-state index contributed by atoms with van der Waals surface area (Å²) in [5, 5.41) is 27.0. The first-order valence-corrected chi connectivity index (χ1v) is 13.2. The van der Waals surface area contributed by atoms with Gasteiger partial charge >= 0.3 is 0 Å². The number of phenolic OH excluding ortho intramolecular Hbond substituents is 2. The Morgan fingerprint density at radius 1 is 0.500 bits per heavy atom. The van der Waals surface area contributed by atoms with Crippen LogP contribution in [0.15, 0.2) is 109 Å². The number of carbonyl (C=O) groups excluding carboxylic acids is 2. The second kappa shape index (κ2) is 10.2. The summed E-state index contributed by atoms with van der Waals surface area (Å²) in [5.74, 6) is -1.40. The van der Waals surface area contributed by atoms with Crippen LogP contribution in [0, 0.1) is 0 Å². The van der Waals surface area contributed by atoms with Crippen molar-refractivity contribution < 1.29 is 19.8 Å². The topological polar surface area (TPSA) is 74.6 Å². The molecule has 0 unspecified atom stereocenters. The van der Waals surface area contributed by atoms with E-state index in [1.807, 2.05) is 48.5 Å². The summed E-state index contributed by atoms with van der Waals surface area (Å²) < 4.78 is 0. The highest BCUT2D eigenvalue weighted by atomic mass is 35.5. The smallest absolute Gasteiger partial charge is 0.196 e. The molecule has 4 nitrogen and oxygen atoms in total. The lowest BCUT2D eigenvalue weighted by Gasteiger charge is -2.18. The van der Waals surface area contributed by atoms with Gasteiger partial charge in [-0.15, -0.1) is 0 Å². The molecule has 40 heavy (non-hydrogen) atoms. The molecule has 0 spiro atoms. The number of carbonyl (C=O) groups is 2. The average molecular weight is 563 g/mol. The summed E-state index contributed by atoms with van der Waals surface area (Å²) in [6, 6.07) is 30.7. The molecule has 0 heterocycles. The third kappa shape index (κ3) is 4.37. The van der Waals surface area contributed by atoms with Gasteiger partial charge in [0.25, 0.3) is 0 Å². The van der Waals surface area contributed by atoms with Crippen LogP contribution in [0.5, 0.6) is 11.5 Å². The quantitative estimate of drug-likeness (QED) is 0.206. The zero-order chi connectivity index (χ0) is 28.0. The molecule has 6 aromatic carbocycles. The number of phenols is 2. The van der Waals surface area contributed by atoms with E-state index in [2.05, 4.69) is 0 Å².